The van der Waals surface area contributed by atoms with Gasteiger partial charge in [0.25, 0.3) is 5.79 Å². The largest absolute Gasteiger partial charge is 1.00 e. The monoisotopic (exact) mass is 424 g/mol. The molecule has 3 atom stereocenters. The first kappa shape index (κ1) is 23.5. The third kappa shape index (κ3) is 3.36. The molecule has 0 amide bonds. The van der Waals surface area contributed by atoms with Crippen molar-refractivity contribution < 1.29 is 92.5 Å². The Morgan fingerprint density at radius 2 is 1.82 bits per heavy atom. The fourth-order valence-corrected chi connectivity index (χ4v) is 6.03. The van der Waals surface area contributed by atoms with Crippen LogP contribution in [-0.2, 0) is 24.9 Å². The first-order valence-electron chi connectivity index (χ1n) is 8.80. The van der Waals surface area contributed by atoms with Crippen LogP contribution in [0.2, 0.25) is 0 Å². The Hall–Kier alpha value is 0.790. The minimum atomic E-state index is -5.14. The van der Waals surface area contributed by atoms with Crippen molar-refractivity contribution >= 4 is 7.82 Å². The summed E-state index contributed by atoms with van der Waals surface area (Å²) < 4.78 is 21.4. The molecule has 7 nitrogen and oxygen atoms in total. The van der Waals surface area contributed by atoms with Gasteiger partial charge in [0.15, 0.2) is 5.60 Å². The van der Waals surface area contributed by atoms with Gasteiger partial charge in [-0.25, -0.2) is 4.89 Å². The maximum atomic E-state index is 11.0. The standard InChI is InChI=1S/C18H21O7P.2Na/c1-22-18(13-3-2-4-16(10-13)23-26(19,20)21)17(24-25-18)14-6-11-5-12(8-14)9-15(17)7-11;;/h2-5,10-11,14-15H,6-9H2,1H3,(H2,19,20,21);;/q;2*+1/p-2. The number of hydrogen-bond acceptors (Lipinski definition) is 7. The minimum Gasteiger partial charge on any atom is -0.780 e. The van der Waals surface area contributed by atoms with E-state index >= 15 is 0 Å². The molecule has 4 bridgehead atoms. The van der Waals surface area contributed by atoms with Crippen molar-refractivity contribution in [1.29, 1.82) is 0 Å². The van der Waals surface area contributed by atoms with Crippen molar-refractivity contribution in [3.8, 4) is 5.75 Å². The summed E-state index contributed by atoms with van der Waals surface area (Å²) >= 11 is 0. The summed E-state index contributed by atoms with van der Waals surface area (Å²) in [5.74, 6) is -0.0322. The van der Waals surface area contributed by atoms with E-state index < -0.39 is 19.2 Å². The van der Waals surface area contributed by atoms with Gasteiger partial charge in [0.2, 0.25) is 0 Å². The van der Waals surface area contributed by atoms with Crippen LogP contribution in [0, 0.1) is 17.8 Å². The average Bonchev–Trinajstić information content (AvgIpc) is 2.53. The Morgan fingerprint density at radius 1 is 1.14 bits per heavy atom. The van der Waals surface area contributed by atoms with E-state index in [4.69, 9.17) is 14.5 Å². The van der Waals surface area contributed by atoms with Crippen molar-refractivity contribution in [3.63, 3.8) is 0 Å². The zero-order valence-corrected chi connectivity index (χ0v) is 21.1. The molecule has 140 valence electrons. The first-order valence-corrected chi connectivity index (χ1v) is 10.3. The number of phosphoric ester groups is 1. The molecule has 3 fully saturated rings. The SMILES string of the molecule is COC1(c2cccc(OP(=O)([O-])[O-])c2)OOC12C1CC3=CC(C1)CC2C3.[Na+].[Na+]. The molecule has 28 heavy (non-hydrogen) atoms. The Kier molecular flexibility index (Phi) is 6.74. The molecule has 10 heteroatoms. The molecule has 0 aromatic heterocycles. The summed E-state index contributed by atoms with van der Waals surface area (Å²) in [6, 6.07) is 6.31. The van der Waals surface area contributed by atoms with Crippen molar-refractivity contribution in [2.45, 2.75) is 37.1 Å². The summed E-state index contributed by atoms with van der Waals surface area (Å²) in [7, 11) is -3.58. The van der Waals surface area contributed by atoms with Gasteiger partial charge in [-0.2, -0.15) is 4.89 Å². The van der Waals surface area contributed by atoms with Gasteiger partial charge < -0.3 is 23.6 Å². The molecule has 1 aromatic rings. The van der Waals surface area contributed by atoms with Crippen LogP contribution in [0.3, 0.4) is 0 Å². The smallest absolute Gasteiger partial charge is 0.780 e. The van der Waals surface area contributed by atoms with E-state index in [0.717, 1.165) is 25.7 Å². The van der Waals surface area contributed by atoms with E-state index in [1.807, 2.05) is 0 Å². The fraction of sp³-hybridized carbons (Fsp3) is 0.556. The number of phosphoric acid groups is 1. The zero-order valence-electron chi connectivity index (χ0n) is 16.3. The van der Waals surface area contributed by atoms with Gasteiger partial charge in [-0.15, -0.1) is 0 Å². The molecule has 1 saturated heterocycles. The summed E-state index contributed by atoms with van der Waals surface area (Å²) in [4.78, 5) is 33.4. The summed E-state index contributed by atoms with van der Waals surface area (Å²) in [5, 5.41) is 0. The van der Waals surface area contributed by atoms with Gasteiger partial charge in [-0.3, -0.25) is 0 Å². The van der Waals surface area contributed by atoms with Crippen LogP contribution >= 0.6 is 7.82 Å². The van der Waals surface area contributed by atoms with Crippen molar-refractivity contribution in [2.24, 2.45) is 17.8 Å². The van der Waals surface area contributed by atoms with Gasteiger partial charge in [-0.1, -0.05) is 23.8 Å². The third-order valence-electron chi connectivity index (χ3n) is 6.41. The van der Waals surface area contributed by atoms with E-state index in [1.165, 1.54) is 17.7 Å². The quantitative estimate of drug-likeness (QED) is 0.209. The molecular weight excluding hydrogens is 405 g/mol. The second-order valence-electron chi connectivity index (χ2n) is 7.71. The van der Waals surface area contributed by atoms with E-state index in [9.17, 15) is 14.4 Å². The van der Waals surface area contributed by atoms with Crippen molar-refractivity contribution in [3.05, 3.63) is 41.5 Å². The maximum Gasteiger partial charge on any atom is 1.00 e. The Balaban J connectivity index is 0.00000112. The van der Waals surface area contributed by atoms with E-state index in [0.29, 0.717) is 11.5 Å². The predicted molar refractivity (Wildman–Crippen MR) is 85.3 cm³/mol. The molecule has 1 aliphatic heterocycles. The fourth-order valence-electron chi connectivity index (χ4n) is 5.66. The van der Waals surface area contributed by atoms with Gasteiger partial charge in [-0.05, 0) is 43.7 Å². The number of hydrogen-bond donors (Lipinski definition) is 0. The normalized spacial score (nSPS) is 37.5. The molecule has 6 rings (SSSR count). The van der Waals surface area contributed by atoms with E-state index in [2.05, 4.69) is 10.6 Å². The van der Waals surface area contributed by atoms with Gasteiger partial charge in [0.05, 0.1) is 0 Å². The molecule has 5 aliphatic rings. The van der Waals surface area contributed by atoms with Crippen molar-refractivity contribution in [2.75, 3.05) is 7.11 Å². The predicted octanol–water partition coefficient (Wildman–Crippen LogP) is -4.22. The molecule has 1 aromatic carbocycles. The van der Waals surface area contributed by atoms with Crippen LogP contribution in [0.1, 0.15) is 31.2 Å². The molecular formula is C18H19Na2O7P. The van der Waals surface area contributed by atoms with Crippen LogP contribution in [-0.4, -0.2) is 12.7 Å². The van der Waals surface area contributed by atoms with Crippen LogP contribution < -0.4 is 73.4 Å². The average molecular weight is 424 g/mol. The van der Waals surface area contributed by atoms with Crippen molar-refractivity contribution in [1.82, 2.24) is 0 Å². The summed E-state index contributed by atoms with van der Waals surface area (Å²) in [6.07, 6.45) is 6.40. The Labute approximate surface area is 207 Å². The Morgan fingerprint density at radius 3 is 2.32 bits per heavy atom. The number of allylic oxidation sites excluding steroid dienone is 2. The second-order valence-corrected chi connectivity index (χ2v) is 8.78. The van der Waals surface area contributed by atoms with Crippen LogP contribution in [0.25, 0.3) is 0 Å². The molecule has 1 spiro atoms. The summed E-state index contributed by atoms with van der Waals surface area (Å²) in [5.41, 5.74) is 1.48. The number of methoxy groups -OCH3 is 1. The topological polar surface area (TPSA) is 100 Å². The molecule has 4 aliphatic carbocycles. The van der Waals surface area contributed by atoms with Crippen LogP contribution in [0.5, 0.6) is 5.75 Å². The van der Waals surface area contributed by atoms with E-state index in [-0.39, 0.29) is 76.7 Å². The third-order valence-corrected chi connectivity index (χ3v) is 6.84. The minimum absolute atomic E-state index is 0. The zero-order chi connectivity index (χ0) is 18.2. The van der Waals surface area contributed by atoms with E-state index in [1.54, 1.807) is 19.2 Å². The number of benzene rings is 1. The van der Waals surface area contributed by atoms with Crippen LogP contribution in [0.15, 0.2) is 35.9 Å². The molecule has 1 heterocycles. The molecule has 2 saturated carbocycles. The molecule has 3 unspecified atom stereocenters. The summed E-state index contributed by atoms with van der Waals surface area (Å²) in [6.45, 7) is 0. The first-order chi connectivity index (χ1) is 12.4. The van der Waals surface area contributed by atoms with Gasteiger partial charge in [0.1, 0.15) is 13.6 Å². The van der Waals surface area contributed by atoms with Crippen LogP contribution in [0.4, 0.5) is 0 Å². The second kappa shape index (κ2) is 8.05. The maximum absolute atomic E-state index is 11.0. The molecule has 0 radical (unpaired) electrons. The number of ether oxygens (including phenoxy) is 1. The van der Waals surface area contributed by atoms with Gasteiger partial charge >= 0.3 is 59.1 Å². The number of rotatable bonds is 4. The van der Waals surface area contributed by atoms with Gasteiger partial charge in [0, 0.05) is 24.5 Å². The Bertz CT molecular complexity index is 819. The molecule has 0 N–H and O–H groups in total.